The van der Waals surface area contributed by atoms with Crippen molar-refractivity contribution in [2.24, 2.45) is 0 Å². The summed E-state index contributed by atoms with van der Waals surface area (Å²) in [5, 5.41) is 14.6. The number of fused-ring (bicyclic) bond motifs is 6. The van der Waals surface area contributed by atoms with Crippen LogP contribution in [0.15, 0.2) is 200 Å². The highest BCUT2D eigenvalue weighted by Gasteiger charge is 2.23. The Balaban J connectivity index is 1.13. The van der Waals surface area contributed by atoms with Crippen LogP contribution < -0.4 is 4.90 Å². The lowest BCUT2D eigenvalue weighted by atomic mass is 10.1. The Hall–Kier alpha value is -7.87. The zero-order valence-corrected chi connectivity index (χ0v) is 31.9. The quantitative estimate of drug-likeness (QED) is 0.167. The fraction of sp³-hybridized carbons (Fsp3) is 0.0192. The van der Waals surface area contributed by atoms with Gasteiger partial charge in [-0.1, -0.05) is 133 Å². The van der Waals surface area contributed by atoms with E-state index in [-0.39, 0.29) is 6.61 Å². The number of hydrogen-bond donors (Lipinski definition) is 1. The van der Waals surface area contributed by atoms with Crippen LogP contribution in [-0.2, 0) is 6.61 Å². The van der Waals surface area contributed by atoms with Gasteiger partial charge in [0.25, 0.3) is 0 Å². The summed E-state index contributed by atoms with van der Waals surface area (Å²) in [5.41, 5.74) is 11.0. The Morgan fingerprint density at radius 1 is 0.407 bits per heavy atom. The first-order chi connectivity index (χ1) is 29.2. The van der Waals surface area contributed by atoms with Crippen molar-refractivity contribution in [3.05, 3.63) is 206 Å². The van der Waals surface area contributed by atoms with Crippen molar-refractivity contribution in [1.82, 2.24) is 24.1 Å². The van der Waals surface area contributed by atoms with Gasteiger partial charge in [-0.05, 0) is 72.3 Å². The molecular formula is C52H36N6O. The molecule has 0 saturated heterocycles. The molecule has 280 valence electrons. The van der Waals surface area contributed by atoms with Gasteiger partial charge in [0.2, 0.25) is 5.95 Å². The second-order valence-electron chi connectivity index (χ2n) is 14.6. The zero-order valence-electron chi connectivity index (χ0n) is 31.9. The van der Waals surface area contributed by atoms with E-state index >= 15 is 0 Å². The predicted octanol–water partition coefficient (Wildman–Crippen LogP) is 12.4. The summed E-state index contributed by atoms with van der Waals surface area (Å²) in [6.45, 7) is -0.0291. The third-order valence-electron chi connectivity index (χ3n) is 11.1. The minimum atomic E-state index is -0.0291. The second kappa shape index (κ2) is 14.3. The molecular weight excluding hydrogens is 725 g/mol. The van der Waals surface area contributed by atoms with E-state index in [4.69, 9.17) is 15.0 Å². The maximum atomic E-state index is 9.99. The van der Waals surface area contributed by atoms with Gasteiger partial charge in [-0.3, -0.25) is 4.57 Å². The molecule has 7 heteroatoms. The summed E-state index contributed by atoms with van der Waals surface area (Å²) < 4.78 is 4.50. The number of nitrogens with zero attached hydrogens (tertiary/aromatic N) is 6. The second-order valence-corrected chi connectivity index (χ2v) is 14.6. The first-order valence-corrected chi connectivity index (χ1v) is 19.7. The van der Waals surface area contributed by atoms with Crippen molar-refractivity contribution < 1.29 is 5.11 Å². The van der Waals surface area contributed by atoms with Gasteiger partial charge < -0.3 is 14.6 Å². The molecule has 59 heavy (non-hydrogen) atoms. The molecule has 0 atom stereocenters. The van der Waals surface area contributed by atoms with Crippen LogP contribution in [0.3, 0.4) is 0 Å². The fourth-order valence-electron chi connectivity index (χ4n) is 8.43. The van der Waals surface area contributed by atoms with Crippen LogP contribution in [0.4, 0.5) is 17.1 Å². The molecule has 3 heterocycles. The Morgan fingerprint density at radius 3 is 1.44 bits per heavy atom. The van der Waals surface area contributed by atoms with Crippen LogP contribution in [0.2, 0.25) is 0 Å². The molecule has 0 amide bonds. The van der Waals surface area contributed by atoms with Crippen molar-refractivity contribution in [2.45, 2.75) is 6.61 Å². The third kappa shape index (κ3) is 5.83. The highest BCUT2D eigenvalue weighted by atomic mass is 16.3. The maximum Gasteiger partial charge on any atom is 0.238 e. The van der Waals surface area contributed by atoms with E-state index in [1.165, 1.54) is 21.8 Å². The van der Waals surface area contributed by atoms with E-state index in [2.05, 4.69) is 141 Å². The number of aliphatic hydroxyl groups excluding tert-OH is 1. The smallest absolute Gasteiger partial charge is 0.238 e. The highest BCUT2D eigenvalue weighted by Crippen LogP contribution is 2.44. The van der Waals surface area contributed by atoms with E-state index in [1.807, 2.05) is 72.8 Å². The van der Waals surface area contributed by atoms with Gasteiger partial charge in [0.15, 0.2) is 11.6 Å². The van der Waals surface area contributed by atoms with Gasteiger partial charge in [-0.15, -0.1) is 0 Å². The summed E-state index contributed by atoms with van der Waals surface area (Å²) in [7, 11) is 0. The number of hydrogen-bond acceptors (Lipinski definition) is 5. The van der Waals surface area contributed by atoms with Crippen molar-refractivity contribution in [2.75, 3.05) is 4.90 Å². The number of anilines is 3. The van der Waals surface area contributed by atoms with Crippen molar-refractivity contribution in [3.8, 4) is 34.4 Å². The number of benzene rings is 8. The van der Waals surface area contributed by atoms with Gasteiger partial charge >= 0.3 is 0 Å². The molecule has 0 unspecified atom stereocenters. The number of aliphatic hydroxyl groups is 1. The van der Waals surface area contributed by atoms with E-state index in [0.717, 1.165) is 61.2 Å². The van der Waals surface area contributed by atoms with Crippen LogP contribution in [0.1, 0.15) is 5.56 Å². The largest absolute Gasteiger partial charge is 0.392 e. The molecule has 0 spiro atoms. The Labute approximate surface area is 340 Å². The molecule has 11 aromatic rings. The van der Waals surface area contributed by atoms with Crippen LogP contribution >= 0.6 is 0 Å². The highest BCUT2D eigenvalue weighted by molar-refractivity contribution is 6.16. The van der Waals surface area contributed by atoms with E-state index in [9.17, 15) is 5.11 Å². The van der Waals surface area contributed by atoms with E-state index in [1.54, 1.807) is 0 Å². The average molecular weight is 761 g/mol. The number of rotatable bonds is 8. The van der Waals surface area contributed by atoms with E-state index in [0.29, 0.717) is 17.6 Å². The van der Waals surface area contributed by atoms with Gasteiger partial charge in [0, 0.05) is 49.7 Å². The predicted molar refractivity (Wildman–Crippen MR) is 240 cm³/mol. The van der Waals surface area contributed by atoms with Gasteiger partial charge in [0.1, 0.15) is 0 Å². The molecule has 7 nitrogen and oxygen atoms in total. The molecule has 8 aromatic carbocycles. The summed E-state index contributed by atoms with van der Waals surface area (Å²) >= 11 is 0. The summed E-state index contributed by atoms with van der Waals surface area (Å²) in [5.74, 6) is 1.74. The van der Waals surface area contributed by atoms with Crippen molar-refractivity contribution >= 4 is 60.7 Å². The minimum absolute atomic E-state index is 0.0291. The van der Waals surface area contributed by atoms with E-state index < -0.39 is 0 Å². The molecule has 1 N–H and O–H groups in total. The summed E-state index contributed by atoms with van der Waals surface area (Å²) in [6.07, 6.45) is 0. The normalized spacial score (nSPS) is 11.5. The van der Waals surface area contributed by atoms with Crippen molar-refractivity contribution in [1.29, 1.82) is 0 Å². The molecule has 11 rings (SSSR count). The average Bonchev–Trinajstić information content (AvgIpc) is 3.84. The molecule has 0 aliphatic carbocycles. The van der Waals surface area contributed by atoms with Gasteiger partial charge in [0.05, 0.1) is 34.4 Å². The maximum absolute atomic E-state index is 9.99. The lowest BCUT2D eigenvalue weighted by Crippen LogP contribution is -2.11. The Morgan fingerprint density at radius 2 is 0.881 bits per heavy atom. The molecule has 0 aliphatic rings. The molecule has 0 bridgehead atoms. The number of para-hydroxylation sites is 3. The van der Waals surface area contributed by atoms with Crippen LogP contribution in [-0.4, -0.2) is 29.2 Å². The topological polar surface area (TPSA) is 72.0 Å². The summed E-state index contributed by atoms with van der Waals surface area (Å²) in [4.78, 5) is 17.6. The zero-order chi connectivity index (χ0) is 39.3. The third-order valence-corrected chi connectivity index (χ3v) is 11.1. The monoisotopic (exact) mass is 760 g/mol. The first-order valence-electron chi connectivity index (χ1n) is 19.7. The van der Waals surface area contributed by atoms with Crippen LogP contribution in [0, 0.1) is 0 Å². The SMILES string of the molecule is OCc1ccc(N(c2ccc(-n3c4ccccc4c4ccccc43)cc2)c2cccc3c2c2ccccc2n3-c2nc(-c3ccccc3)nc(-c3ccccc3)n2)cc1. The fourth-order valence-corrected chi connectivity index (χ4v) is 8.43. The standard InChI is InChI=1S/C52H36N6O/c59-34-35-26-28-38(29-27-35)56(39-30-32-40(33-31-39)57-44-21-10-7-18-41(44)42-19-8-11-22-45(42)57)47-24-13-25-48-49(47)43-20-9-12-23-46(43)58(48)52-54-50(36-14-3-1-4-15-36)53-51(55-52)37-16-5-2-6-17-37/h1-33,59H,34H2. The molecule has 0 radical (unpaired) electrons. The lowest BCUT2D eigenvalue weighted by molar-refractivity contribution is 0.282. The molecule has 3 aromatic heterocycles. The number of aromatic nitrogens is 5. The van der Waals surface area contributed by atoms with Crippen LogP contribution in [0.5, 0.6) is 0 Å². The molecule has 0 aliphatic heterocycles. The van der Waals surface area contributed by atoms with Crippen LogP contribution in [0.25, 0.3) is 78.0 Å². The van der Waals surface area contributed by atoms with Gasteiger partial charge in [-0.25, -0.2) is 4.98 Å². The molecule has 0 saturated carbocycles. The molecule has 0 fully saturated rings. The first kappa shape index (κ1) is 34.4. The minimum Gasteiger partial charge on any atom is -0.392 e. The van der Waals surface area contributed by atoms with Crippen molar-refractivity contribution in [3.63, 3.8) is 0 Å². The van der Waals surface area contributed by atoms with Gasteiger partial charge in [-0.2, -0.15) is 9.97 Å². The lowest BCUT2D eigenvalue weighted by Gasteiger charge is -2.27. The Bertz CT molecular complexity index is 3190. The Kier molecular flexibility index (Phi) is 8.31. The summed E-state index contributed by atoms with van der Waals surface area (Å²) in [6, 6.07) is 69.1.